The molecule has 5 N–H and O–H groups in total. The van der Waals surface area contributed by atoms with Gasteiger partial charge >= 0.3 is 6.03 Å². The van der Waals surface area contributed by atoms with Gasteiger partial charge in [0.15, 0.2) is 0 Å². The van der Waals surface area contributed by atoms with E-state index in [0.717, 1.165) is 0 Å². The molecule has 0 aliphatic carbocycles. The summed E-state index contributed by atoms with van der Waals surface area (Å²) in [7, 11) is 0. The molecule has 0 atom stereocenters. The molecule has 2 aromatic rings. The number of phenolic OH excluding ortho intramolecular Hbond substituents is 1. The lowest BCUT2D eigenvalue weighted by Gasteiger charge is -2.11. The Morgan fingerprint density at radius 3 is 2.45 bits per heavy atom. The summed E-state index contributed by atoms with van der Waals surface area (Å²) in [6.07, 6.45) is 0. The number of hydrogen-bond acceptors (Lipinski definition) is 3. The molecule has 7 heteroatoms. The summed E-state index contributed by atoms with van der Waals surface area (Å²) in [6, 6.07) is 8.44. The van der Waals surface area contributed by atoms with Crippen molar-refractivity contribution in [1.82, 2.24) is 0 Å². The molecule has 104 valence electrons. The normalized spacial score (nSPS) is 10.1. The summed E-state index contributed by atoms with van der Waals surface area (Å²) in [4.78, 5) is 11.8. The fourth-order valence-electron chi connectivity index (χ4n) is 1.53. The van der Waals surface area contributed by atoms with E-state index >= 15 is 0 Å². The van der Waals surface area contributed by atoms with Crippen LogP contribution in [0.2, 0.25) is 10.0 Å². The second-order valence-corrected chi connectivity index (χ2v) is 4.82. The van der Waals surface area contributed by atoms with E-state index in [0.29, 0.717) is 21.4 Å². The number of urea groups is 1. The van der Waals surface area contributed by atoms with Crippen LogP contribution in [0.5, 0.6) is 5.75 Å². The average Bonchev–Trinajstić information content (AvgIpc) is 2.37. The van der Waals surface area contributed by atoms with E-state index in [9.17, 15) is 9.90 Å². The molecule has 0 unspecified atom stereocenters. The Morgan fingerprint density at radius 2 is 1.75 bits per heavy atom. The number of nitrogen functional groups attached to an aromatic ring is 1. The molecule has 0 saturated carbocycles. The molecular weight excluding hydrogens is 301 g/mol. The fourth-order valence-corrected chi connectivity index (χ4v) is 1.87. The second kappa shape index (κ2) is 5.90. The van der Waals surface area contributed by atoms with Gasteiger partial charge in [0.05, 0.1) is 22.1 Å². The lowest BCUT2D eigenvalue weighted by atomic mass is 10.2. The Morgan fingerprint density at radius 1 is 1.05 bits per heavy atom. The van der Waals surface area contributed by atoms with Crippen molar-refractivity contribution in [3.05, 3.63) is 46.4 Å². The molecule has 0 aliphatic rings. The van der Waals surface area contributed by atoms with Crippen LogP contribution in [0, 0.1) is 0 Å². The van der Waals surface area contributed by atoms with Crippen molar-refractivity contribution in [2.24, 2.45) is 0 Å². The van der Waals surface area contributed by atoms with Gasteiger partial charge in [0.1, 0.15) is 5.75 Å². The molecule has 0 heterocycles. The minimum atomic E-state index is -0.522. The van der Waals surface area contributed by atoms with Gasteiger partial charge in [-0.15, -0.1) is 0 Å². The van der Waals surface area contributed by atoms with E-state index in [1.165, 1.54) is 24.3 Å². The Hall–Kier alpha value is -2.11. The first-order chi connectivity index (χ1) is 9.45. The summed E-state index contributed by atoms with van der Waals surface area (Å²) in [5.74, 6) is 0.0198. The zero-order chi connectivity index (χ0) is 14.7. The molecule has 0 fully saturated rings. The maximum Gasteiger partial charge on any atom is 0.323 e. The van der Waals surface area contributed by atoms with E-state index in [1.807, 2.05) is 0 Å². The van der Waals surface area contributed by atoms with Crippen molar-refractivity contribution in [3.63, 3.8) is 0 Å². The van der Waals surface area contributed by atoms with Crippen molar-refractivity contribution >= 4 is 46.3 Å². The molecule has 0 saturated heterocycles. The SMILES string of the molecule is Nc1cc(O)ccc1NC(=O)Nc1cc(Cl)ccc1Cl. The van der Waals surface area contributed by atoms with Crippen molar-refractivity contribution in [1.29, 1.82) is 0 Å². The number of anilines is 3. The number of benzene rings is 2. The summed E-state index contributed by atoms with van der Waals surface area (Å²) in [6.45, 7) is 0. The van der Waals surface area contributed by atoms with Crippen molar-refractivity contribution < 1.29 is 9.90 Å². The van der Waals surface area contributed by atoms with Gasteiger partial charge in [-0.25, -0.2) is 4.79 Å². The first-order valence-corrected chi connectivity index (χ1v) is 6.33. The third kappa shape index (κ3) is 3.46. The number of aromatic hydroxyl groups is 1. The molecule has 20 heavy (non-hydrogen) atoms. The number of halogens is 2. The number of carbonyl (C=O) groups is 1. The van der Waals surface area contributed by atoms with Crippen LogP contribution in [0.4, 0.5) is 21.9 Å². The summed E-state index contributed by atoms with van der Waals surface area (Å²) in [5.41, 5.74) is 6.67. The Labute approximate surface area is 125 Å². The molecule has 2 amide bonds. The number of carbonyl (C=O) groups excluding carboxylic acids is 1. The van der Waals surface area contributed by atoms with Gasteiger partial charge in [-0.05, 0) is 30.3 Å². The summed E-state index contributed by atoms with van der Waals surface area (Å²) in [5, 5.41) is 15.2. The molecule has 0 spiro atoms. The largest absolute Gasteiger partial charge is 0.508 e. The van der Waals surface area contributed by atoms with Gasteiger partial charge in [0, 0.05) is 11.1 Å². The monoisotopic (exact) mass is 311 g/mol. The van der Waals surface area contributed by atoms with Crippen LogP contribution >= 0.6 is 23.2 Å². The summed E-state index contributed by atoms with van der Waals surface area (Å²) < 4.78 is 0. The smallest absolute Gasteiger partial charge is 0.323 e. The third-order valence-corrected chi connectivity index (χ3v) is 3.02. The van der Waals surface area contributed by atoms with Crippen LogP contribution in [-0.4, -0.2) is 11.1 Å². The minimum absolute atomic E-state index is 0.0198. The number of rotatable bonds is 2. The van der Waals surface area contributed by atoms with Gasteiger partial charge in [-0.2, -0.15) is 0 Å². The van der Waals surface area contributed by atoms with Crippen LogP contribution in [0.1, 0.15) is 0 Å². The first-order valence-electron chi connectivity index (χ1n) is 5.57. The molecule has 5 nitrogen and oxygen atoms in total. The fraction of sp³-hybridized carbons (Fsp3) is 0. The van der Waals surface area contributed by atoms with E-state index < -0.39 is 6.03 Å². The van der Waals surface area contributed by atoms with Gasteiger partial charge in [-0.3, -0.25) is 0 Å². The van der Waals surface area contributed by atoms with Crippen LogP contribution in [0.15, 0.2) is 36.4 Å². The topological polar surface area (TPSA) is 87.4 Å². The number of nitrogens with two attached hydrogens (primary N) is 1. The van der Waals surface area contributed by atoms with E-state index in [4.69, 9.17) is 28.9 Å². The molecule has 0 radical (unpaired) electrons. The predicted molar refractivity (Wildman–Crippen MR) is 81.6 cm³/mol. The predicted octanol–water partition coefficient (Wildman–Crippen LogP) is 3.93. The number of phenols is 1. The van der Waals surface area contributed by atoms with Crippen LogP contribution in [0.25, 0.3) is 0 Å². The Bertz CT molecular complexity index is 662. The third-order valence-electron chi connectivity index (χ3n) is 2.46. The lowest BCUT2D eigenvalue weighted by molar-refractivity contribution is 0.262. The van der Waals surface area contributed by atoms with Gasteiger partial charge in [0.25, 0.3) is 0 Å². The summed E-state index contributed by atoms with van der Waals surface area (Å²) >= 11 is 11.8. The molecule has 0 bridgehead atoms. The standard InChI is InChI=1S/C13H11Cl2N3O2/c14-7-1-3-9(15)12(5-7)18-13(20)17-11-4-2-8(19)6-10(11)16/h1-6,19H,16H2,(H2,17,18,20). The number of amides is 2. The van der Waals surface area contributed by atoms with Crippen molar-refractivity contribution in [2.45, 2.75) is 0 Å². The van der Waals surface area contributed by atoms with Crippen molar-refractivity contribution in [3.8, 4) is 5.75 Å². The number of nitrogens with one attached hydrogen (secondary N) is 2. The van der Waals surface area contributed by atoms with Gasteiger partial charge in [0.2, 0.25) is 0 Å². The molecule has 2 rings (SSSR count). The zero-order valence-electron chi connectivity index (χ0n) is 10.2. The Balaban J connectivity index is 2.11. The van der Waals surface area contributed by atoms with Crippen LogP contribution in [0.3, 0.4) is 0 Å². The Kier molecular flexibility index (Phi) is 4.22. The van der Waals surface area contributed by atoms with Gasteiger partial charge in [-0.1, -0.05) is 23.2 Å². The molecular formula is C13H11Cl2N3O2. The highest BCUT2D eigenvalue weighted by molar-refractivity contribution is 6.35. The highest BCUT2D eigenvalue weighted by Crippen LogP contribution is 2.26. The van der Waals surface area contributed by atoms with E-state index in [2.05, 4.69) is 10.6 Å². The highest BCUT2D eigenvalue weighted by atomic mass is 35.5. The molecule has 0 aliphatic heterocycles. The average molecular weight is 312 g/mol. The van der Waals surface area contributed by atoms with E-state index in [1.54, 1.807) is 12.1 Å². The maximum atomic E-state index is 11.8. The molecule has 0 aromatic heterocycles. The van der Waals surface area contributed by atoms with E-state index in [-0.39, 0.29) is 11.4 Å². The quantitative estimate of drug-likeness (QED) is 0.500. The van der Waals surface area contributed by atoms with Crippen molar-refractivity contribution in [2.75, 3.05) is 16.4 Å². The van der Waals surface area contributed by atoms with Gasteiger partial charge < -0.3 is 21.5 Å². The van der Waals surface area contributed by atoms with Crippen LogP contribution in [-0.2, 0) is 0 Å². The lowest BCUT2D eigenvalue weighted by Crippen LogP contribution is -2.20. The molecule has 2 aromatic carbocycles. The number of hydrogen-bond donors (Lipinski definition) is 4. The zero-order valence-corrected chi connectivity index (χ0v) is 11.7. The minimum Gasteiger partial charge on any atom is -0.508 e. The second-order valence-electron chi connectivity index (χ2n) is 3.97. The highest BCUT2D eigenvalue weighted by Gasteiger charge is 2.08. The first kappa shape index (κ1) is 14.3. The van der Waals surface area contributed by atoms with Crippen LogP contribution < -0.4 is 16.4 Å². The maximum absolute atomic E-state index is 11.8.